The molecule has 8 N–H and O–H groups in total. The van der Waals surface area contributed by atoms with E-state index in [1.54, 1.807) is 0 Å². The molecule has 8 aliphatic rings. The van der Waals surface area contributed by atoms with Gasteiger partial charge in [-0.25, -0.2) is 4.79 Å². The fourth-order valence-corrected chi connectivity index (χ4v) is 14.7. The summed E-state index contributed by atoms with van der Waals surface area (Å²) in [6.07, 6.45) is -6.36. The van der Waals surface area contributed by atoms with E-state index in [0.29, 0.717) is 18.8 Å². The van der Waals surface area contributed by atoms with E-state index in [0.717, 1.165) is 44.9 Å². The third-order valence-electron chi connectivity index (χ3n) is 17.9. The molecule has 0 radical (unpaired) electrons. The first kappa shape index (κ1) is 40.1. The molecule has 4 bridgehead atoms. The van der Waals surface area contributed by atoms with Crippen molar-refractivity contribution in [2.75, 3.05) is 6.61 Å². The maximum Gasteiger partial charge on any atom is 0.335 e. The van der Waals surface area contributed by atoms with Crippen LogP contribution in [0.2, 0.25) is 0 Å². The SMILES string of the molecule is CC12CCC3(C(=O)OC4OC(CO)C(O)C(O)C4O)C(C1)C1=CCC4C5(C)CCC(OC6OC(C(=O)O)C(O)C(O)C6O)C(C)(C)C5CCC4(C)C1(C)CC23. The molecule has 8 rings (SSSR count). The number of esters is 1. The number of hydrogen-bond donors (Lipinski definition) is 8. The highest BCUT2D eigenvalue weighted by Crippen LogP contribution is 2.82. The van der Waals surface area contributed by atoms with Gasteiger partial charge in [0.25, 0.3) is 0 Å². The van der Waals surface area contributed by atoms with Gasteiger partial charge in [0.2, 0.25) is 6.29 Å². The van der Waals surface area contributed by atoms with Gasteiger partial charge in [0, 0.05) is 0 Å². The maximum atomic E-state index is 14.6. The van der Waals surface area contributed by atoms with Gasteiger partial charge in [-0.1, -0.05) is 53.2 Å². The van der Waals surface area contributed by atoms with Crippen molar-refractivity contribution in [1.29, 1.82) is 0 Å². The molecule has 0 aromatic heterocycles. The third-order valence-corrected chi connectivity index (χ3v) is 17.9. The standard InChI is InChI=1S/C41H62O14/c1-36(2)21-9-12-39(5)22(38(21,4)11-10-24(36)53-34-30(48)27(45)28(46)31(54-34)32(49)50)8-7-18-19-15-37(3)13-14-41(19,23(37)16-40(18,39)6)35(51)55-33-29(47)26(44)25(43)20(17-42)52-33/h7,19-31,33-34,42-48H,8-17H2,1-6H3,(H,49,50). The summed E-state index contributed by atoms with van der Waals surface area (Å²) in [5.74, 6) is -1.38. The molecule has 5 saturated carbocycles. The average Bonchev–Trinajstić information content (AvgIpc) is 3.50. The zero-order valence-electron chi connectivity index (χ0n) is 32.8. The van der Waals surface area contributed by atoms with Crippen LogP contribution in [-0.4, -0.2) is 127 Å². The van der Waals surface area contributed by atoms with Gasteiger partial charge in [0.05, 0.1) is 18.1 Å². The minimum Gasteiger partial charge on any atom is -0.479 e. The van der Waals surface area contributed by atoms with Crippen LogP contribution in [0.25, 0.3) is 0 Å². The first-order valence-corrected chi connectivity index (χ1v) is 20.4. The van der Waals surface area contributed by atoms with Gasteiger partial charge in [-0.3, -0.25) is 4.79 Å². The molecular formula is C41H62O14. The number of rotatable bonds is 6. The molecule has 0 amide bonds. The Labute approximate surface area is 322 Å². The number of fused-ring (bicyclic) bond motifs is 6. The Morgan fingerprint density at radius 3 is 2.11 bits per heavy atom. The summed E-state index contributed by atoms with van der Waals surface area (Å²) in [5.41, 5.74) is -0.357. The van der Waals surface area contributed by atoms with Gasteiger partial charge in [-0.15, -0.1) is 0 Å². The van der Waals surface area contributed by atoms with Crippen molar-refractivity contribution in [2.24, 2.45) is 56.2 Å². The first-order valence-electron chi connectivity index (χ1n) is 20.4. The number of carbonyl (C=O) groups is 2. The van der Waals surface area contributed by atoms with Crippen LogP contribution in [0.1, 0.15) is 99.3 Å². The Kier molecular flexibility index (Phi) is 9.39. The average molecular weight is 779 g/mol. The molecule has 14 heteroatoms. The van der Waals surface area contributed by atoms with Crippen LogP contribution < -0.4 is 0 Å². The fourth-order valence-electron chi connectivity index (χ4n) is 14.7. The summed E-state index contributed by atoms with van der Waals surface area (Å²) in [6, 6.07) is 0. The normalized spacial score (nSPS) is 56.5. The molecule has 2 heterocycles. The number of allylic oxidation sites excluding steroid dienone is 2. The molecule has 20 atom stereocenters. The van der Waals surface area contributed by atoms with Gasteiger partial charge in [0.1, 0.15) is 42.7 Å². The molecule has 7 fully saturated rings. The highest BCUT2D eigenvalue weighted by Gasteiger charge is 2.78. The summed E-state index contributed by atoms with van der Waals surface area (Å²) in [7, 11) is 0. The maximum absolute atomic E-state index is 14.6. The van der Waals surface area contributed by atoms with Gasteiger partial charge in [-0.05, 0) is 109 Å². The Morgan fingerprint density at radius 1 is 0.764 bits per heavy atom. The highest BCUT2D eigenvalue weighted by molar-refractivity contribution is 5.81. The molecule has 14 nitrogen and oxygen atoms in total. The second-order valence-electron chi connectivity index (χ2n) is 20.3. The van der Waals surface area contributed by atoms with Crippen molar-refractivity contribution in [2.45, 2.75) is 167 Å². The third kappa shape index (κ3) is 5.21. The van der Waals surface area contributed by atoms with E-state index in [9.17, 15) is 50.4 Å². The van der Waals surface area contributed by atoms with Crippen LogP contribution in [-0.2, 0) is 28.5 Å². The number of carboxylic acids is 1. The predicted octanol–water partition coefficient (Wildman–Crippen LogP) is 1.63. The smallest absolute Gasteiger partial charge is 0.335 e. The number of carboxylic acid groups (broad SMARTS) is 1. The fraction of sp³-hybridized carbons (Fsp3) is 0.902. The number of aliphatic carboxylic acids is 1. The second kappa shape index (κ2) is 12.9. The van der Waals surface area contributed by atoms with Crippen molar-refractivity contribution in [1.82, 2.24) is 0 Å². The number of carbonyl (C=O) groups excluding carboxylic acids is 1. The van der Waals surface area contributed by atoms with E-state index in [2.05, 4.69) is 47.6 Å². The number of ether oxygens (including phenoxy) is 4. The lowest BCUT2D eigenvalue weighted by atomic mass is 9.34. The van der Waals surface area contributed by atoms with Crippen LogP contribution >= 0.6 is 0 Å². The second-order valence-corrected chi connectivity index (χ2v) is 20.3. The molecule has 0 aromatic carbocycles. The zero-order valence-corrected chi connectivity index (χ0v) is 32.8. The molecule has 2 saturated heterocycles. The van der Waals surface area contributed by atoms with Crippen molar-refractivity contribution in [3.63, 3.8) is 0 Å². The number of aliphatic hydroxyl groups is 7. The van der Waals surface area contributed by atoms with Gasteiger partial charge in [0.15, 0.2) is 12.4 Å². The lowest BCUT2D eigenvalue weighted by molar-refractivity contribution is -0.324. The summed E-state index contributed by atoms with van der Waals surface area (Å²) in [5, 5.41) is 82.3. The lowest BCUT2D eigenvalue weighted by Crippen LogP contribution is -2.66. The number of hydrogen-bond acceptors (Lipinski definition) is 13. The summed E-state index contributed by atoms with van der Waals surface area (Å²) in [4.78, 5) is 26.4. The molecule has 0 aromatic rings. The van der Waals surface area contributed by atoms with E-state index in [1.165, 1.54) is 5.57 Å². The lowest BCUT2D eigenvalue weighted by Gasteiger charge is -2.70. The summed E-state index contributed by atoms with van der Waals surface area (Å²) >= 11 is 0. The van der Waals surface area contributed by atoms with Crippen LogP contribution in [0.4, 0.5) is 0 Å². The van der Waals surface area contributed by atoms with Crippen molar-refractivity contribution >= 4 is 11.9 Å². The Balaban J connectivity index is 1.06. The molecule has 0 spiro atoms. The van der Waals surface area contributed by atoms with Crippen molar-refractivity contribution in [3.05, 3.63) is 11.6 Å². The monoisotopic (exact) mass is 778 g/mol. The minimum absolute atomic E-state index is 0.0247. The molecule has 55 heavy (non-hydrogen) atoms. The molecule has 310 valence electrons. The Hall–Kier alpha value is -1.72. The summed E-state index contributed by atoms with van der Waals surface area (Å²) < 4.78 is 23.6. The van der Waals surface area contributed by atoms with E-state index >= 15 is 0 Å². The van der Waals surface area contributed by atoms with E-state index in [1.807, 2.05) is 0 Å². The largest absolute Gasteiger partial charge is 0.479 e. The predicted molar refractivity (Wildman–Crippen MR) is 191 cm³/mol. The van der Waals surface area contributed by atoms with E-state index < -0.39 is 96.9 Å². The first-order chi connectivity index (χ1) is 25.6. The number of aliphatic hydroxyl groups excluding tert-OH is 7. The van der Waals surface area contributed by atoms with Crippen LogP contribution in [0.3, 0.4) is 0 Å². The Bertz CT molecular complexity index is 1600. The molecular weight excluding hydrogens is 716 g/mol. The quantitative estimate of drug-likeness (QED) is 0.109. The van der Waals surface area contributed by atoms with Gasteiger partial charge < -0.3 is 59.8 Å². The van der Waals surface area contributed by atoms with Crippen LogP contribution in [0.15, 0.2) is 11.6 Å². The van der Waals surface area contributed by atoms with Crippen LogP contribution in [0.5, 0.6) is 0 Å². The van der Waals surface area contributed by atoms with Crippen LogP contribution in [0, 0.1) is 56.2 Å². The van der Waals surface area contributed by atoms with E-state index in [-0.39, 0.29) is 39.4 Å². The topological polar surface area (TPSA) is 233 Å². The van der Waals surface area contributed by atoms with Crippen molar-refractivity contribution < 1.29 is 69.4 Å². The van der Waals surface area contributed by atoms with Crippen molar-refractivity contribution in [3.8, 4) is 0 Å². The highest BCUT2D eigenvalue weighted by atomic mass is 16.7. The van der Waals surface area contributed by atoms with E-state index in [4.69, 9.17) is 18.9 Å². The molecule has 20 unspecified atom stereocenters. The molecule has 6 aliphatic carbocycles. The zero-order chi connectivity index (χ0) is 40.0. The van der Waals surface area contributed by atoms with Gasteiger partial charge >= 0.3 is 11.9 Å². The minimum atomic E-state index is -1.78. The van der Waals surface area contributed by atoms with Gasteiger partial charge in [-0.2, -0.15) is 0 Å². The summed E-state index contributed by atoms with van der Waals surface area (Å²) in [6.45, 7) is 13.3. The molecule has 2 aliphatic heterocycles. The Morgan fingerprint density at radius 2 is 1.44 bits per heavy atom.